The molecule has 5 nitrogen and oxygen atoms in total. The number of nitrogens with two attached hydrogens (primary N) is 1. The minimum absolute atomic E-state index is 0.205. The van der Waals surface area contributed by atoms with Gasteiger partial charge in [0.25, 0.3) is 0 Å². The summed E-state index contributed by atoms with van der Waals surface area (Å²) in [5.41, 5.74) is 7.47. The van der Waals surface area contributed by atoms with Crippen LogP contribution in [0.1, 0.15) is 16.6 Å². The first-order chi connectivity index (χ1) is 9.69. The summed E-state index contributed by atoms with van der Waals surface area (Å²) in [7, 11) is 0. The molecular weight excluding hydrogens is 294 g/mol. The second kappa shape index (κ2) is 5.18. The molecule has 3 aromatic rings. The maximum absolute atomic E-state index is 11.8. The summed E-state index contributed by atoms with van der Waals surface area (Å²) in [6, 6.07) is 3.73. The number of ether oxygens (including phenoxy) is 1. The average Bonchev–Trinajstić information content (AvgIpc) is 3.06. The van der Waals surface area contributed by atoms with Crippen molar-refractivity contribution in [2.24, 2.45) is 0 Å². The van der Waals surface area contributed by atoms with Crippen LogP contribution in [0.25, 0.3) is 21.5 Å². The van der Waals surface area contributed by atoms with Crippen molar-refractivity contribution in [1.29, 1.82) is 0 Å². The van der Waals surface area contributed by atoms with E-state index in [9.17, 15) is 4.79 Å². The van der Waals surface area contributed by atoms with E-state index in [2.05, 4.69) is 9.97 Å². The quantitative estimate of drug-likeness (QED) is 0.752. The number of aromatic nitrogens is 2. The predicted octanol–water partition coefficient (Wildman–Crippen LogP) is 3.18. The zero-order valence-corrected chi connectivity index (χ0v) is 12.3. The SMILES string of the molecule is CCOC(=O)c1cc2c(-c3ccsc3)nc(N)nc2s1. The van der Waals surface area contributed by atoms with Gasteiger partial charge in [0.2, 0.25) is 5.95 Å². The molecular formula is C13H11N3O2S2. The Hall–Kier alpha value is -1.99. The number of hydrogen-bond acceptors (Lipinski definition) is 7. The van der Waals surface area contributed by atoms with Crippen LogP contribution in [0.5, 0.6) is 0 Å². The number of carbonyl (C=O) groups is 1. The summed E-state index contributed by atoms with van der Waals surface area (Å²) in [5.74, 6) is -0.138. The Kier molecular flexibility index (Phi) is 3.37. The number of hydrogen-bond donors (Lipinski definition) is 1. The molecule has 0 amide bonds. The number of nitrogens with zero attached hydrogens (tertiary/aromatic N) is 2. The van der Waals surface area contributed by atoms with Crippen LogP contribution in [0.4, 0.5) is 5.95 Å². The molecule has 7 heteroatoms. The van der Waals surface area contributed by atoms with Gasteiger partial charge < -0.3 is 10.5 Å². The van der Waals surface area contributed by atoms with Gasteiger partial charge in [0.1, 0.15) is 9.71 Å². The number of nitrogen functional groups attached to an aromatic ring is 1. The lowest BCUT2D eigenvalue weighted by molar-refractivity contribution is 0.0532. The fourth-order valence-electron chi connectivity index (χ4n) is 1.86. The number of esters is 1. The lowest BCUT2D eigenvalue weighted by Crippen LogP contribution is -2.01. The molecule has 102 valence electrons. The normalized spacial score (nSPS) is 10.8. The number of rotatable bonds is 3. The van der Waals surface area contributed by atoms with E-state index in [1.807, 2.05) is 16.8 Å². The molecule has 0 spiro atoms. The Labute approximate surface area is 123 Å². The van der Waals surface area contributed by atoms with Crippen LogP contribution in [0.2, 0.25) is 0 Å². The van der Waals surface area contributed by atoms with Gasteiger partial charge in [-0.05, 0) is 24.4 Å². The van der Waals surface area contributed by atoms with E-state index < -0.39 is 0 Å². The number of anilines is 1. The van der Waals surface area contributed by atoms with Crippen LogP contribution in [0.3, 0.4) is 0 Å². The molecule has 0 bridgehead atoms. The summed E-state index contributed by atoms with van der Waals surface area (Å²) in [4.78, 5) is 21.5. The van der Waals surface area contributed by atoms with Gasteiger partial charge in [-0.1, -0.05) is 0 Å². The summed E-state index contributed by atoms with van der Waals surface area (Å²) in [6.45, 7) is 2.12. The van der Waals surface area contributed by atoms with Crippen molar-refractivity contribution in [2.75, 3.05) is 12.3 Å². The van der Waals surface area contributed by atoms with Crippen LogP contribution in [0.15, 0.2) is 22.9 Å². The Morgan fingerprint density at radius 1 is 1.45 bits per heavy atom. The third kappa shape index (κ3) is 2.25. The molecule has 0 fully saturated rings. The van der Waals surface area contributed by atoms with Crippen LogP contribution in [0, 0.1) is 0 Å². The van der Waals surface area contributed by atoms with Crippen LogP contribution < -0.4 is 5.73 Å². The van der Waals surface area contributed by atoms with E-state index in [-0.39, 0.29) is 11.9 Å². The Bertz CT molecular complexity index is 765. The van der Waals surface area contributed by atoms with E-state index in [0.29, 0.717) is 16.3 Å². The van der Waals surface area contributed by atoms with E-state index in [4.69, 9.17) is 10.5 Å². The van der Waals surface area contributed by atoms with Crippen molar-refractivity contribution in [3.8, 4) is 11.3 Å². The molecule has 0 aliphatic heterocycles. The summed E-state index contributed by atoms with van der Waals surface area (Å²) < 4.78 is 5.01. The van der Waals surface area contributed by atoms with Crippen molar-refractivity contribution < 1.29 is 9.53 Å². The molecule has 20 heavy (non-hydrogen) atoms. The number of carbonyl (C=O) groups excluding carboxylic acids is 1. The number of fused-ring (bicyclic) bond motifs is 1. The van der Waals surface area contributed by atoms with Crippen molar-refractivity contribution >= 4 is 44.8 Å². The zero-order valence-electron chi connectivity index (χ0n) is 10.6. The van der Waals surface area contributed by atoms with Gasteiger partial charge in [0.05, 0.1) is 12.3 Å². The molecule has 0 radical (unpaired) electrons. The van der Waals surface area contributed by atoms with Crippen LogP contribution in [-0.2, 0) is 4.74 Å². The molecule has 0 unspecified atom stereocenters. The van der Waals surface area contributed by atoms with E-state index in [1.54, 1.807) is 24.3 Å². The molecule has 0 saturated carbocycles. The topological polar surface area (TPSA) is 78.1 Å². The van der Waals surface area contributed by atoms with Gasteiger partial charge in [0.15, 0.2) is 0 Å². The molecule has 3 rings (SSSR count). The molecule has 0 atom stereocenters. The lowest BCUT2D eigenvalue weighted by Gasteiger charge is -2.00. The Balaban J connectivity index is 2.18. The third-order valence-electron chi connectivity index (χ3n) is 2.68. The molecule has 0 aliphatic rings. The Morgan fingerprint density at radius 3 is 3.00 bits per heavy atom. The van der Waals surface area contributed by atoms with E-state index >= 15 is 0 Å². The standard InChI is InChI=1S/C13H11N3O2S2/c1-2-18-12(17)9-5-8-10(7-3-4-19-6-7)15-13(14)16-11(8)20-9/h3-6H,2H2,1H3,(H2,14,15,16). The minimum Gasteiger partial charge on any atom is -0.462 e. The molecule has 3 aromatic heterocycles. The smallest absolute Gasteiger partial charge is 0.348 e. The largest absolute Gasteiger partial charge is 0.462 e. The molecule has 0 saturated heterocycles. The summed E-state index contributed by atoms with van der Waals surface area (Å²) in [6.07, 6.45) is 0. The van der Waals surface area contributed by atoms with Gasteiger partial charge in [0, 0.05) is 16.3 Å². The second-order valence-corrected chi connectivity index (χ2v) is 5.80. The van der Waals surface area contributed by atoms with Crippen molar-refractivity contribution in [3.05, 3.63) is 27.8 Å². The minimum atomic E-state index is -0.342. The summed E-state index contributed by atoms with van der Waals surface area (Å²) in [5, 5.41) is 4.78. The first kappa shape index (κ1) is 13.0. The van der Waals surface area contributed by atoms with Gasteiger partial charge in [-0.3, -0.25) is 0 Å². The maximum Gasteiger partial charge on any atom is 0.348 e. The van der Waals surface area contributed by atoms with Crippen molar-refractivity contribution in [1.82, 2.24) is 9.97 Å². The summed E-state index contributed by atoms with van der Waals surface area (Å²) >= 11 is 2.85. The second-order valence-electron chi connectivity index (χ2n) is 3.99. The van der Waals surface area contributed by atoms with Crippen LogP contribution >= 0.6 is 22.7 Å². The fourth-order valence-corrected chi connectivity index (χ4v) is 3.43. The molecule has 2 N–H and O–H groups in total. The zero-order chi connectivity index (χ0) is 14.1. The molecule has 0 aromatic carbocycles. The first-order valence-electron chi connectivity index (χ1n) is 5.95. The lowest BCUT2D eigenvalue weighted by atomic mass is 10.2. The fraction of sp³-hybridized carbons (Fsp3) is 0.154. The molecule has 0 aliphatic carbocycles. The monoisotopic (exact) mass is 305 g/mol. The highest BCUT2D eigenvalue weighted by atomic mass is 32.1. The predicted molar refractivity (Wildman–Crippen MR) is 81.1 cm³/mol. The number of thiophene rings is 2. The van der Waals surface area contributed by atoms with Gasteiger partial charge in [-0.2, -0.15) is 11.3 Å². The van der Waals surface area contributed by atoms with Crippen LogP contribution in [-0.4, -0.2) is 22.5 Å². The van der Waals surface area contributed by atoms with Gasteiger partial charge >= 0.3 is 5.97 Å². The average molecular weight is 305 g/mol. The van der Waals surface area contributed by atoms with E-state index in [0.717, 1.165) is 16.6 Å². The Morgan fingerprint density at radius 2 is 2.30 bits per heavy atom. The molecule has 3 heterocycles. The first-order valence-corrected chi connectivity index (χ1v) is 7.71. The van der Waals surface area contributed by atoms with E-state index in [1.165, 1.54) is 11.3 Å². The highest BCUT2D eigenvalue weighted by Gasteiger charge is 2.17. The van der Waals surface area contributed by atoms with Crippen molar-refractivity contribution in [2.45, 2.75) is 6.92 Å². The van der Waals surface area contributed by atoms with Gasteiger partial charge in [-0.15, -0.1) is 11.3 Å². The maximum atomic E-state index is 11.8. The highest BCUT2D eigenvalue weighted by Crippen LogP contribution is 2.33. The van der Waals surface area contributed by atoms with Crippen molar-refractivity contribution in [3.63, 3.8) is 0 Å². The highest BCUT2D eigenvalue weighted by molar-refractivity contribution is 7.20. The van der Waals surface area contributed by atoms with Gasteiger partial charge in [-0.25, -0.2) is 14.8 Å². The third-order valence-corrected chi connectivity index (χ3v) is 4.37.